The van der Waals surface area contributed by atoms with Gasteiger partial charge in [0.1, 0.15) is 11.6 Å². The van der Waals surface area contributed by atoms with Crippen LogP contribution >= 0.6 is 0 Å². The maximum absolute atomic E-state index is 12.6. The Morgan fingerprint density at radius 1 is 1.29 bits per heavy atom. The predicted molar refractivity (Wildman–Crippen MR) is 91.4 cm³/mol. The SMILES string of the molecule is COc1ccc2cc(-c3nccn3C3CCOCC3)c(=O)[nH]c2c1. The fourth-order valence-electron chi connectivity index (χ4n) is 3.25. The smallest absolute Gasteiger partial charge is 0.259 e. The van der Waals surface area contributed by atoms with Crippen molar-refractivity contribution in [2.75, 3.05) is 20.3 Å². The molecule has 24 heavy (non-hydrogen) atoms. The Labute approximate surface area is 139 Å². The Morgan fingerprint density at radius 3 is 2.92 bits per heavy atom. The van der Waals surface area contributed by atoms with Crippen molar-refractivity contribution in [2.45, 2.75) is 18.9 Å². The van der Waals surface area contributed by atoms with Gasteiger partial charge >= 0.3 is 0 Å². The van der Waals surface area contributed by atoms with Crippen molar-refractivity contribution in [3.63, 3.8) is 0 Å². The highest BCUT2D eigenvalue weighted by molar-refractivity contribution is 5.83. The molecule has 1 aliphatic heterocycles. The first kappa shape index (κ1) is 15.0. The molecular formula is C18H19N3O3. The molecule has 6 heteroatoms. The highest BCUT2D eigenvalue weighted by atomic mass is 16.5. The highest BCUT2D eigenvalue weighted by Gasteiger charge is 2.20. The average Bonchev–Trinajstić information content (AvgIpc) is 3.11. The topological polar surface area (TPSA) is 69.1 Å². The molecule has 0 unspecified atom stereocenters. The number of methoxy groups -OCH3 is 1. The number of nitrogens with one attached hydrogen (secondary N) is 1. The number of imidazole rings is 1. The van der Waals surface area contributed by atoms with Crippen molar-refractivity contribution in [3.05, 3.63) is 47.0 Å². The van der Waals surface area contributed by atoms with Crippen molar-refractivity contribution >= 4 is 10.9 Å². The molecule has 4 rings (SSSR count). The average molecular weight is 325 g/mol. The summed E-state index contributed by atoms with van der Waals surface area (Å²) in [5, 5.41) is 0.951. The molecule has 0 radical (unpaired) electrons. The highest BCUT2D eigenvalue weighted by Crippen LogP contribution is 2.27. The molecule has 124 valence electrons. The number of hydrogen-bond donors (Lipinski definition) is 1. The van der Waals surface area contributed by atoms with Gasteiger partial charge in [0.25, 0.3) is 5.56 Å². The van der Waals surface area contributed by atoms with Crippen LogP contribution in [0.15, 0.2) is 41.5 Å². The molecule has 0 amide bonds. The fourth-order valence-corrected chi connectivity index (χ4v) is 3.25. The van der Waals surface area contributed by atoms with Gasteiger partial charge in [-0.15, -0.1) is 0 Å². The van der Waals surface area contributed by atoms with Crippen molar-refractivity contribution in [1.29, 1.82) is 0 Å². The molecular weight excluding hydrogens is 306 g/mol. The van der Waals surface area contributed by atoms with Crippen LogP contribution in [-0.4, -0.2) is 34.9 Å². The minimum Gasteiger partial charge on any atom is -0.497 e. The third-order valence-corrected chi connectivity index (χ3v) is 4.55. The Balaban J connectivity index is 1.81. The zero-order valence-electron chi connectivity index (χ0n) is 13.5. The molecule has 1 aromatic carbocycles. The molecule has 0 saturated carbocycles. The van der Waals surface area contributed by atoms with E-state index in [-0.39, 0.29) is 5.56 Å². The first-order chi connectivity index (χ1) is 11.8. The van der Waals surface area contributed by atoms with Crippen molar-refractivity contribution in [3.8, 4) is 17.1 Å². The largest absolute Gasteiger partial charge is 0.497 e. The maximum Gasteiger partial charge on any atom is 0.259 e. The van der Waals surface area contributed by atoms with E-state index >= 15 is 0 Å². The second-order valence-electron chi connectivity index (χ2n) is 5.97. The molecule has 0 atom stereocenters. The molecule has 1 saturated heterocycles. The van der Waals surface area contributed by atoms with Gasteiger partial charge in [-0.3, -0.25) is 4.79 Å². The van der Waals surface area contributed by atoms with E-state index in [0.29, 0.717) is 17.4 Å². The van der Waals surface area contributed by atoms with E-state index in [1.165, 1.54) is 0 Å². The number of fused-ring (bicyclic) bond motifs is 1. The quantitative estimate of drug-likeness (QED) is 0.804. The third-order valence-electron chi connectivity index (χ3n) is 4.55. The minimum atomic E-state index is -0.143. The zero-order valence-corrected chi connectivity index (χ0v) is 13.5. The lowest BCUT2D eigenvalue weighted by Gasteiger charge is -2.24. The van der Waals surface area contributed by atoms with Crippen LogP contribution in [0.3, 0.4) is 0 Å². The molecule has 1 N–H and O–H groups in total. The standard InChI is InChI=1S/C18H19N3O3/c1-23-14-3-2-12-10-15(18(22)20-16(12)11-14)17-19-6-7-21(17)13-4-8-24-9-5-13/h2-3,6-7,10-11,13H,4-5,8-9H2,1H3,(H,20,22). The van der Waals surface area contributed by atoms with Gasteiger partial charge in [-0.2, -0.15) is 0 Å². The first-order valence-electron chi connectivity index (χ1n) is 8.08. The zero-order chi connectivity index (χ0) is 16.5. The Hall–Kier alpha value is -2.60. The number of aromatic amines is 1. The number of pyridine rings is 1. The summed E-state index contributed by atoms with van der Waals surface area (Å²) in [7, 11) is 1.61. The van der Waals surface area contributed by atoms with E-state index in [2.05, 4.69) is 14.5 Å². The number of benzene rings is 1. The van der Waals surface area contributed by atoms with Gasteiger partial charge in [0.05, 0.1) is 18.2 Å². The number of hydrogen-bond acceptors (Lipinski definition) is 4. The summed E-state index contributed by atoms with van der Waals surface area (Å²) in [5.74, 6) is 1.43. The molecule has 6 nitrogen and oxygen atoms in total. The number of ether oxygens (including phenoxy) is 2. The Bertz CT molecular complexity index is 923. The van der Waals surface area contributed by atoms with Crippen LogP contribution in [0.1, 0.15) is 18.9 Å². The summed E-state index contributed by atoms with van der Waals surface area (Å²) >= 11 is 0. The summed E-state index contributed by atoms with van der Waals surface area (Å²) < 4.78 is 12.7. The van der Waals surface area contributed by atoms with Crippen LogP contribution in [0.4, 0.5) is 0 Å². The van der Waals surface area contributed by atoms with Crippen LogP contribution in [0, 0.1) is 0 Å². The summed E-state index contributed by atoms with van der Waals surface area (Å²) in [6.07, 6.45) is 5.57. The van der Waals surface area contributed by atoms with E-state index in [1.807, 2.05) is 30.5 Å². The molecule has 2 aromatic heterocycles. The number of rotatable bonds is 3. The van der Waals surface area contributed by atoms with E-state index in [4.69, 9.17) is 9.47 Å². The second kappa shape index (κ2) is 6.13. The monoisotopic (exact) mass is 325 g/mol. The molecule has 3 aromatic rings. The third kappa shape index (κ3) is 2.59. The van der Waals surface area contributed by atoms with Crippen LogP contribution < -0.4 is 10.3 Å². The Morgan fingerprint density at radius 2 is 2.12 bits per heavy atom. The Kier molecular flexibility index (Phi) is 3.82. The van der Waals surface area contributed by atoms with E-state index in [0.717, 1.165) is 42.7 Å². The van der Waals surface area contributed by atoms with E-state index in [1.54, 1.807) is 13.3 Å². The molecule has 1 aliphatic rings. The van der Waals surface area contributed by atoms with Crippen LogP contribution in [0.25, 0.3) is 22.3 Å². The molecule has 0 spiro atoms. The van der Waals surface area contributed by atoms with Gasteiger partial charge in [0.2, 0.25) is 0 Å². The number of aromatic nitrogens is 3. The van der Waals surface area contributed by atoms with Gasteiger partial charge < -0.3 is 19.0 Å². The predicted octanol–water partition coefficient (Wildman–Crippen LogP) is 2.75. The van der Waals surface area contributed by atoms with Crippen LogP contribution in [-0.2, 0) is 4.74 Å². The van der Waals surface area contributed by atoms with Gasteiger partial charge in [-0.25, -0.2) is 4.98 Å². The lowest BCUT2D eigenvalue weighted by Crippen LogP contribution is -2.21. The molecule has 3 heterocycles. The molecule has 1 fully saturated rings. The lowest BCUT2D eigenvalue weighted by atomic mass is 10.1. The van der Waals surface area contributed by atoms with Gasteiger partial charge in [0, 0.05) is 37.7 Å². The molecule has 0 bridgehead atoms. The summed E-state index contributed by atoms with van der Waals surface area (Å²) in [6.45, 7) is 1.49. The maximum atomic E-state index is 12.6. The lowest BCUT2D eigenvalue weighted by molar-refractivity contribution is 0.0700. The van der Waals surface area contributed by atoms with Crippen molar-refractivity contribution in [1.82, 2.24) is 14.5 Å². The first-order valence-corrected chi connectivity index (χ1v) is 8.08. The van der Waals surface area contributed by atoms with E-state index < -0.39 is 0 Å². The summed E-state index contributed by atoms with van der Waals surface area (Å²) in [6, 6.07) is 7.87. The number of H-pyrrole nitrogens is 1. The normalized spacial score (nSPS) is 15.7. The second-order valence-corrected chi connectivity index (χ2v) is 5.97. The van der Waals surface area contributed by atoms with Crippen molar-refractivity contribution < 1.29 is 9.47 Å². The van der Waals surface area contributed by atoms with Gasteiger partial charge in [0.15, 0.2) is 0 Å². The van der Waals surface area contributed by atoms with Gasteiger partial charge in [-0.1, -0.05) is 0 Å². The minimum absolute atomic E-state index is 0.143. The fraction of sp³-hybridized carbons (Fsp3) is 0.333. The van der Waals surface area contributed by atoms with Crippen LogP contribution in [0.2, 0.25) is 0 Å². The van der Waals surface area contributed by atoms with E-state index in [9.17, 15) is 4.79 Å². The summed E-state index contributed by atoms with van der Waals surface area (Å²) in [5.41, 5.74) is 1.20. The number of nitrogens with zero attached hydrogens (tertiary/aromatic N) is 2. The van der Waals surface area contributed by atoms with Gasteiger partial charge in [-0.05, 0) is 36.4 Å². The summed E-state index contributed by atoms with van der Waals surface area (Å²) in [4.78, 5) is 20.0. The molecule has 0 aliphatic carbocycles. The van der Waals surface area contributed by atoms with Crippen LogP contribution in [0.5, 0.6) is 5.75 Å². The van der Waals surface area contributed by atoms with Crippen molar-refractivity contribution in [2.24, 2.45) is 0 Å².